The summed E-state index contributed by atoms with van der Waals surface area (Å²) >= 11 is 0. The summed E-state index contributed by atoms with van der Waals surface area (Å²) in [5.74, 6) is 3.40. The van der Waals surface area contributed by atoms with E-state index in [1.165, 1.54) is 12.8 Å². The number of nitrogens with zero attached hydrogens (tertiary/aromatic N) is 3. The second-order valence-corrected chi connectivity index (χ2v) is 4.61. The van der Waals surface area contributed by atoms with Gasteiger partial charge in [0.2, 0.25) is 0 Å². The van der Waals surface area contributed by atoms with E-state index in [1.54, 1.807) is 0 Å². The van der Waals surface area contributed by atoms with E-state index in [1.807, 2.05) is 27.1 Å². The first kappa shape index (κ1) is 13.1. The fourth-order valence-corrected chi connectivity index (χ4v) is 1.76. The van der Waals surface area contributed by atoms with Crippen molar-refractivity contribution in [2.75, 3.05) is 44.1 Å². The monoisotopic (exact) mass is 250 g/mol. The van der Waals surface area contributed by atoms with E-state index < -0.39 is 0 Å². The molecule has 0 aromatic carbocycles. The average Bonchev–Trinajstić information content (AvgIpc) is 3.22. The van der Waals surface area contributed by atoms with Gasteiger partial charge in [-0.1, -0.05) is 0 Å². The van der Waals surface area contributed by atoms with Crippen LogP contribution in [0.5, 0.6) is 0 Å². The highest BCUT2D eigenvalue weighted by Gasteiger charge is 2.27. The molecule has 1 saturated carbocycles. The molecule has 1 aromatic heterocycles. The molecule has 1 aromatic rings. The molecular weight excluding hydrogens is 228 g/mol. The van der Waals surface area contributed by atoms with E-state index in [0.717, 1.165) is 37.2 Å². The molecule has 0 atom stereocenters. The number of anilines is 2. The third kappa shape index (κ3) is 3.32. The topological polar surface area (TPSA) is 50.3 Å². The maximum Gasteiger partial charge on any atom is 0.136 e. The van der Waals surface area contributed by atoms with Gasteiger partial charge in [-0.25, -0.2) is 9.97 Å². The lowest BCUT2D eigenvalue weighted by Crippen LogP contribution is -2.24. The first-order chi connectivity index (χ1) is 8.74. The van der Waals surface area contributed by atoms with Crippen LogP contribution in [0.25, 0.3) is 0 Å². The molecular formula is C13H22N4O. The van der Waals surface area contributed by atoms with Crippen LogP contribution >= 0.6 is 0 Å². The van der Waals surface area contributed by atoms with Gasteiger partial charge in [0.1, 0.15) is 17.5 Å². The summed E-state index contributed by atoms with van der Waals surface area (Å²) in [6.45, 7) is 4.34. The van der Waals surface area contributed by atoms with E-state index >= 15 is 0 Å². The van der Waals surface area contributed by atoms with E-state index in [9.17, 15) is 0 Å². The highest BCUT2D eigenvalue weighted by atomic mass is 16.5. The molecule has 0 unspecified atom stereocenters. The fraction of sp³-hybridized carbons (Fsp3) is 0.692. The minimum Gasteiger partial charge on any atom is -0.380 e. The van der Waals surface area contributed by atoms with Crippen LogP contribution in [-0.4, -0.2) is 43.8 Å². The zero-order valence-electron chi connectivity index (χ0n) is 11.4. The van der Waals surface area contributed by atoms with Crippen molar-refractivity contribution in [1.29, 1.82) is 0 Å². The molecule has 18 heavy (non-hydrogen) atoms. The predicted octanol–water partition coefficient (Wildman–Crippen LogP) is 1.87. The first-order valence-corrected chi connectivity index (χ1v) is 6.60. The van der Waals surface area contributed by atoms with Gasteiger partial charge in [-0.3, -0.25) is 0 Å². The lowest BCUT2D eigenvalue weighted by atomic mass is 10.3. The number of nitrogens with one attached hydrogen (secondary N) is 1. The molecule has 1 aliphatic rings. The number of hydrogen-bond donors (Lipinski definition) is 1. The van der Waals surface area contributed by atoms with Gasteiger partial charge in [-0.05, 0) is 19.8 Å². The van der Waals surface area contributed by atoms with Crippen molar-refractivity contribution in [3.8, 4) is 0 Å². The minimum atomic E-state index is 0.567. The molecule has 0 radical (unpaired) electrons. The third-order valence-corrected chi connectivity index (χ3v) is 3.09. The Morgan fingerprint density at radius 3 is 2.83 bits per heavy atom. The van der Waals surface area contributed by atoms with Crippen LogP contribution in [0, 0.1) is 0 Å². The number of ether oxygens (including phenoxy) is 1. The average molecular weight is 250 g/mol. The molecule has 5 heteroatoms. The molecule has 100 valence electrons. The Balaban J connectivity index is 2.07. The van der Waals surface area contributed by atoms with Gasteiger partial charge >= 0.3 is 0 Å². The summed E-state index contributed by atoms with van der Waals surface area (Å²) < 4.78 is 5.37. The second-order valence-electron chi connectivity index (χ2n) is 4.61. The summed E-state index contributed by atoms with van der Waals surface area (Å²) in [5.41, 5.74) is 0. The van der Waals surface area contributed by atoms with Gasteiger partial charge in [0.25, 0.3) is 0 Å². The molecule has 0 aliphatic heterocycles. The first-order valence-electron chi connectivity index (χ1n) is 6.60. The minimum absolute atomic E-state index is 0.567. The number of rotatable bonds is 7. The lowest BCUT2D eigenvalue weighted by Gasteiger charge is -2.19. The van der Waals surface area contributed by atoms with Crippen LogP contribution in [0.15, 0.2) is 6.07 Å². The molecule has 1 aliphatic carbocycles. The molecule has 0 spiro atoms. The second kappa shape index (κ2) is 6.00. The van der Waals surface area contributed by atoms with E-state index in [-0.39, 0.29) is 0 Å². The van der Waals surface area contributed by atoms with Crippen molar-refractivity contribution < 1.29 is 4.74 Å². The normalized spacial score (nSPS) is 14.6. The van der Waals surface area contributed by atoms with Crippen molar-refractivity contribution in [3.05, 3.63) is 11.9 Å². The van der Waals surface area contributed by atoms with Crippen LogP contribution < -0.4 is 10.2 Å². The van der Waals surface area contributed by atoms with Crippen LogP contribution in [-0.2, 0) is 4.74 Å². The van der Waals surface area contributed by atoms with Gasteiger partial charge < -0.3 is 15.0 Å². The highest BCUT2D eigenvalue weighted by Crippen LogP contribution is 2.39. The summed E-state index contributed by atoms with van der Waals surface area (Å²) in [4.78, 5) is 11.3. The lowest BCUT2D eigenvalue weighted by molar-refractivity contribution is 0.154. The Morgan fingerprint density at radius 1 is 1.44 bits per heavy atom. The van der Waals surface area contributed by atoms with Crippen molar-refractivity contribution in [2.45, 2.75) is 25.7 Å². The van der Waals surface area contributed by atoms with Crippen LogP contribution in [0.2, 0.25) is 0 Å². The molecule has 1 heterocycles. The quantitative estimate of drug-likeness (QED) is 0.749. The zero-order valence-corrected chi connectivity index (χ0v) is 11.4. The highest BCUT2D eigenvalue weighted by molar-refractivity contribution is 5.49. The molecule has 2 rings (SSSR count). The largest absolute Gasteiger partial charge is 0.380 e. The molecule has 0 amide bonds. The Morgan fingerprint density at radius 2 is 2.22 bits per heavy atom. The third-order valence-electron chi connectivity index (χ3n) is 3.09. The van der Waals surface area contributed by atoms with Crippen molar-refractivity contribution in [2.24, 2.45) is 0 Å². The summed E-state index contributed by atoms with van der Waals surface area (Å²) in [7, 11) is 3.93. The van der Waals surface area contributed by atoms with Crippen molar-refractivity contribution in [1.82, 2.24) is 9.97 Å². The van der Waals surface area contributed by atoms with Gasteiger partial charge in [0.05, 0.1) is 6.61 Å². The fourth-order valence-electron chi connectivity index (χ4n) is 1.76. The van der Waals surface area contributed by atoms with Crippen molar-refractivity contribution in [3.63, 3.8) is 0 Å². The van der Waals surface area contributed by atoms with Gasteiger partial charge in [-0.15, -0.1) is 0 Å². The zero-order chi connectivity index (χ0) is 13.0. The SMILES string of the molecule is CCOCCN(C)c1cc(NC)nc(C2CC2)n1. The maximum atomic E-state index is 5.37. The number of hydrogen-bond acceptors (Lipinski definition) is 5. The molecule has 0 saturated heterocycles. The van der Waals surface area contributed by atoms with E-state index in [4.69, 9.17) is 4.74 Å². The van der Waals surface area contributed by atoms with Crippen LogP contribution in [0.3, 0.4) is 0 Å². The Kier molecular flexibility index (Phi) is 4.36. The Labute approximate surface area is 109 Å². The standard InChI is InChI=1S/C13H22N4O/c1-4-18-8-7-17(3)12-9-11(14-2)15-13(16-12)10-5-6-10/h9-10H,4-8H2,1-3H3,(H,14,15,16). The number of aromatic nitrogens is 2. The Bertz CT molecular complexity index is 393. The van der Waals surface area contributed by atoms with Gasteiger partial charge in [0.15, 0.2) is 0 Å². The van der Waals surface area contributed by atoms with Crippen LogP contribution in [0.4, 0.5) is 11.6 Å². The van der Waals surface area contributed by atoms with Crippen LogP contribution in [0.1, 0.15) is 31.5 Å². The predicted molar refractivity (Wildman–Crippen MR) is 73.3 cm³/mol. The molecule has 1 N–H and O–H groups in total. The molecule has 5 nitrogen and oxygen atoms in total. The molecule has 1 fully saturated rings. The van der Waals surface area contributed by atoms with E-state index in [0.29, 0.717) is 5.92 Å². The Hall–Kier alpha value is -1.36. The molecule has 0 bridgehead atoms. The van der Waals surface area contributed by atoms with Gasteiger partial charge in [-0.2, -0.15) is 0 Å². The van der Waals surface area contributed by atoms with Gasteiger partial charge in [0, 0.05) is 39.2 Å². The summed E-state index contributed by atoms with van der Waals surface area (Å²) in [6.07, 6.45) is 2.44. The van der Waals surface area contributed by atoms with E-state index in [2.05, 4.69) is 20.2 Å². The summed E-state index contributed by atoms with van der Waals surface area (Å²) in [6, 6.07) is 1.98. The maximum absolute atomic E-state index is 5.37. The van der Waals surface area contributed by atoms with Crippen molar-refractivity contribution >= 4 is 11.6 Å². The smallest absolute Gasteiger partial charge is 0.136 e. The summed E-state index contributed by atoms with van der Waals surface area (Å²) in [5, 5.41) is 3.10. The number of likely N-dealkylation sites (N-methyl/N-ethyl adjacent to an activating group) is 1.